The van der Waals surface area contributed by atoms with Crippen LogP contribution in [0.2, 0.25) is 0 Å². The van der Waals surface area contributed by atoms with Crippen molar-refractivity contribution < 1.29 is 14.3 Å². The summed E-state index contributed by atoms with van der Waals surface area (Å²) in [6, 6.07) is 17.6. The summed E-state index contributed by atoms with van der Waals surface area (Å²) in [5, 5.41) is 0. The first-order valence-corrected chi connectivity index (χ1v) is 9.86. The summed E-state index contributed by atoms with van der Waals surface area (Å²) in [5.74, 6) is -0.154. The van der Waals surface area contributed by atoms with Crippen LogP contribution in [-0.4, -0.2) is 24.0 Å². The summed E-state index contributed by atoms with van der Waals surface area (Å²) >= 11 is 3.44. The van der Waals surface area contributed by atoms with Crippen LogP contribution in [0.25, 0.3) is 0 Å². The highest BCUT2D eigenvalue weighted by Crippen LogP contribution is 2.38. The van der Waals surface area contributed by atoms with Crippen LogP contribution in [0, 0.1) is 5.92 Å². The number of ether oxygens (including phenoxy) is 1. The van der Waals surface area contributed by atoms with Gasteiger partial charge in [0.2, 0.25) is 5.91 Å². The van der Waals surface area contributed by atoms with E-state index >= 15 is 0 Å². The maximum absolute atomic E-state index is 13.5. The van der Waals surface area contributed by atoms with Gasteiger partial charge in [0.05, 0.1) is 12.5 Å². The number of benzene rings is 2. The van der Waals surface area contributed by atoms with Gasteiger partial charge < -0.3 is 4.74 Å². The van der Waals surface area contributed by atoms with Crippen LogP contribution in [-0.2, 0) is 20.7 Å². The molecule has 1 aliphatic carbocycles. The Balaban J connectivity index is 1.66. The minimum absolute atomic E-state index is 0.0365. The van der Waals surface area contributed by atoms with Gasteiger partial charge in [-0.25, -0.2) is 0 Å². The fraction of sp³-hybridized carbons (Fsp3) is 0.273. The van der Waals surface area contributed by atoms with Crippen LogP contribution in [0.4, 0.5) is 5.69 Å². The van der Waals surface area contributed by atoms with Crippen molar-refractivity contribution in [2.24, 2.45) is 5.92 Å². The molecule has 1 aliphatic heterocycles. The summed E-state index contributed by atoms with van der Waals surface area (Å²) in [7, 11) is 0. The van der Waals surface area contributed by atoms with E-state index in [1.807, 2.05) is 54.6 Å². The minimum atomic E-state index is -0.872. The lowest BCUT2D eigenvalue weighted by Gasteiger charge is -2.48. The first kappa shape index (κ1) is 18.1. The first-order chi connectivity index (χ1) is 13.1. The number of rotatable bonds is 3. The molecule has 5 heteroatoms. The predicted molar refractivity (Wildman–Crippen MR) is 107 cm³/mol. The molecule has 1 heterocycles. The van der Waals surface area contributed by atoms with E-state index in [0.717, 1.165) is 15.7 Å². The van der Waals surface area contributed by atoms with Crippen LogP contribution >= 0.6 is 15.9 Å². The molecule has 0 aromatic heterocycles. The van der Waals surface area contributed by atoms with Gasteiger partial charge in [0.25, 0.3) is 0 Å². The predicted octanol–water partition coefficient (Wildman–Crippen LogP) is 4.29. The van der Waals surface area contributed by atoms with Gasteiger partial charge in [-0.1, -0.05) is 46.3 Å². The van der Waals surface area contributed by atoms with E-state index in [9.17, 15) is 9.59 Å². The molecule has 2 aromatic carbocycles. The van der Waals surface area contributed by atoms with Crippen LogP contribution in [0.15, 0.2) is 71.2 Å². The zero-order valence-corrected chi connectivity index (χ0v) is 16.4. The fourth-order valence-electron chi connectivity index (χ4n) is 3.72. The van der Waals surface area contributed by atoms with E-state index in [1.54, 1.807) is 17.1 Å². The van der Waals surface area contributed by atoms with Crippen molar-refractivity contribution in [2.45, 2.75) is 25.0 Å². The van der Waals surface area contributed by atoms with Crippen molar-refractivity contribution in [1.29, 1.82) is 0 Å². The molecule has 1 spiro atoms. The number of anilines is 1. The molecular formula is C22H20BrNO3. The second-order valence-corrected chi connectivity index (χ2v) is 7.91. The Morgan fingerprint density at radius 3 is 2.48 bits per heavy atom. The van der Waals surface area contributed by atoms with Gasteiger partial charge in [-0.15, -0.1) is 0 Å². The maximum Gasteiger partial charge on any atom is 0.235 e. The maximum atomic E-state index is 13.5. The second-order valence-electron chi connectivity index (χ2n) is 6.99. The Morgan fingerprint density at radius 1 is 1.07 bits per heavy atom. The third-order valence-electron chi connectivity index (χ3n) is 5.15. The lowest BCUT2D eigenvalue weighted by Crippen LogP contribution is -2.61. The Hall–Kier alpha value is -2.24. The molecule has 4 nitrogen and oxygen atoms in total. The second kappa shape index (κ2) is 7.41. The Kier molecular flexibility index (Phi) is 4.98. The van der Waals surface area contributed by atoms with Gasteiger partial charge in [0, 0.05) is 23.0 Å². The molecule has 0 saturated carbocycles. The average Bonchev–Trinajstić information content (AvgIpc) is 2.69. The number of hydrogen-bond acceptors (Lipinski definition) is 3. The van der Waals surface area contributed by atoms with E-state index in [0.29, 0.717) is 25.9 Å². The zero-order chi connectivity index (χ0) is 18.9. The molecule has 2 unspecified atom stereocenters. The molecule has 0 radical (unpaired) electrons. The molecule has 2 aromatic rings. The molecule has 138 valence electrons. The van der Waals surface area contributed by atoms with E-state index in [2.05, 4.69) is 15.9 Å². The number of carbonyl (C=O) groups excluding carboxylic acids is 2. The van der Waals surface area contributed by atoms with Gasteiger partial charge in [0.1, 0.15) is 0 Å². The Morgan fingerprint density at radius 2 is 1.81 bits per heavy atom. The Labute approximate surface area is 167 Å². The third-order valence-corrected chi connectivity index (χ3v) is 5.68. The van der Waals surface area contributed by atoms with Crippen molar-refractivity contribution in [3.05, 3.63) is 76.8 Å². The molecule has 1 amide bonds. The van der Waals surface area contributed by atoms with E-state index in [4.69, 9.17) is 4.74 Å². The molecule has 0 bridgehead atoms. The summed E-state index contributed by atoms with van der Waals surface area (Å²) in [6.45, 7) is 0.344. The number of hydrogen-bond donors (Lipinski definition) is 0. The summed E-state index contributed by atoms with van der Waals surface area (Å²) < 4.78 is 7.27. The van der Waals surface area contributed by atoms with E-state index < -0.39 is 5.72 Å². The molecule has 0 N–H and O–H groups in total. The number of halogens is 1. The van der Waals surface area contributed by atoms with Crippen molar-refractivity contribution in [1.82, 2.24) is 0 Å². The fourth-order valence-corrected chi connectivity index (χ4v) is 3.99. The summed E-state index contributed by atoms with van der Waals surface area (Å²) in [4.78, 5) is 26.9. The van der Waals surface area contributed by atoms with Gasteiger partial charge in [-0.3, -0.25) is 14.5 Å². The minimum Gasteiger partial charge on any atom is -0.351 e. The summed E-state index contributed by atoms with van der Waals surface area (Å²) in [5.41, 5.74) is 1.02. The van der Waals surface area contributed by atoms with Crippen LogP contribution in [0.3, 0.4) is 0 Å². The van der Waals surface area contributed by atoms with Crippen molar-refractivity contribution in [3.63, 3.8) is 0 Å². The number of amides is 1. The van der Waals surface area contributed by atoms with Crippen LogP contribution in [0.5, 0.6) is 0 Å². The monoisotopic (exact) mass is 425 g/mol. The van der Waals surface area contributed by atoms with Crippen LogP contribution in [0.1, 0.15) is 18.4 Å². The largest absolute Gasteiger partial charge is 0.351 e. The molecule has 27 heavy (non-hydrogen) atoms. The standard InChI is InChI=1S/C22H20BrNO3/c23-18-8-6-16(7-9-18)14-17-15-27-22(12-10-20(25)11-13-22)24(21(17)26)19-4-2-1-3-5-19/h1-10,12,17H,11,13-15H2. The number of nitrogens with zero attached hydrogens (tertiary/aromatic N) is 1. The number of carbonyl (C=O) groups is 2. The lowest BCUT2D eigenvalue weighted by atomic mass is 9.89. The molecule has 4 rings (SSSR count). The number of para-hydroxylation sites is 1. The van der Waals surface area contributed by atoms with Gasteiger partial charge in [-0.05, 0) is 48.4 Å². The highest BCUT2D eigenvalue weighted by atomic mass is 79.9. The van der Waals surface area contributed by atoms with E-state index in [1.165, 1.54) is 0 Å². The Bertz CT molecular complexity index is 878. The van der Waals surface area contributed by atoms with Crippen molar-refractivity contribution in [3.8, 4) is 0 Å². The zero-order valence-electron chi connectivity index (χ0n) is 14.8. The van der Waals surface area contributed by atoms with Crippen molar-refractivity contribution >= 4 is 33.3 Å². The SMILES string of the molecule is O=C1C=CC2(CC1)OCC(Cc1ccc(Br)cc1)C(=O)N2c1ccccc1. The molecule has 1 fully saturated rings. The summed E-state index contributed by atoms with van der Waals surface area (Å²) in [6.07, 6.45) is 4.77. The highest BCUT2D eigenvalue weighted by Gasteiger charge is 2.47. The average molecular weight is 426 g/mol. The first-order valence-electron chi connectivity index (χ1n) is 9.07. The van der Waals surface area contributed by atoms with Gasteiger partial charge >= 0.3 is 0 Å². The quantitative estimate of drug-likeness (QED) is 0.736. The normalized spacial score (nSPS) is 25.2. The number of ketones is 1. The molecular weight excluding hydrogens is 406 g/mol. The molecule has 2 aliphatic rings. The van der Waals surface area contributed by atoms with E-state index in [-0.39, 0.29) is 17.6 Å². The van der Waals surface area contributed by atoms with Crippen LogP contribution < -0.4 is 4.90 Å². The lowest BCUT2D eigenvalue weighted by molar-refractivity contribution is -0.144. The highest BCUT2D eigenvalue weighted by molar-refractivity contribution is 9.10. The smallest absolute Gasteiger partial charge is 0.235 e. The van der Waals surface area contributed by atoms with Gasteiger partial charge in [0.15, 0.2) is 11.5 Å². The topological polar surface area (TPSA) is 46.6 Å². The molecule has 2 atom stereocenters. The molecule has 1 saturated heterocycles. The van der Waals surface area contributed by atoms with Gasteiger partial charge in [-0.2, -0.15) is 0 Å². The number of allylic oxidation sites excluding steroid dienone is 1. The third kappa shape index (κ3) is 3.62. The van der Waals surface area contributed by atoms with Crippen molar-refractivity contribution in [2.75, 3.05) is 11.5 Å².